The Kier molecular flexibility index (Phi) is 5.59. The molecule has 0 aliphatic heterocycles. The summed E-state index contributed by atoms with van der Waals surface area (Å²) in [6, 6.07) is 4.23. The van der Waals surface area contributed by atoms with Crippen LogP contribution in [0.4, 0.5) is 8.78 Å². The first-order chi connectivity index (χ1) is 9.19. The van der Waals surface area contributed by atoms with Crippen molar-refractivity contribution < 1.29 is 8.78 Å². The fraction of sp³-hybridized carbons (Fsp3) is 0.600. The highest BCUT2D eigenvalue weighted by molar-refractivity contribution is 6.18. The van der Waals surface area contributed by atoms with Crippen molar-refractivity contribution >= 4 is 11.6 Å². The van der Waals surface area contributed by atoms with Crippen molar-refractivity contribution in [3.63, 3.8) is 0 Å². The highest BCUT2D eigenvalue weighted by Crippen LogP contribution is 2.24. The molecule has 1 aliphatic rings. The van der Waals surface area contributed by atoms with Crippen molar-refractivity contribution in [1.29, 1.82) is 0 Å². The van der Waals surface area contributed by atoms with Crippen molar-refractivity contribution in [1.82, 2.24) is 4.90 Å². The maximum Gasteiger partial charge on any atom is 0.126 e. The minimum Gasteiger partial charge on any atom is -0.295 e. The molecule has 1 aromatic carbocycles. The third kappa shape index (κ3) is 4.43. The molecule has 1 aromatic rings. The Labute approximate surface area is 118 Å². The number of halogens is 3. The largest absolute Gasteiger partial charge is 0.295 e. The van der Waals surface area contributed by atoms with Gasteiger partial charge >= 0.3 is 0 Å². The second-order valence-corrected chi connectivity index (χ2v) is 5.61. The number of hydrogen-bond acceptors (Lipinski definition) is 1. The summed E-state index contributed by atoms with van der Waals surface area (Å²) in [5, 5.41) is 0. The van der Waals surface area contributed by atoms with Gasteiger partial charge in [-0.05, 0) is 30.5 Å². The quantitative estimate of drug-likeness (QED) is 0.728. The molecule has 1 nitrogen and oxygen atoms in total. The Hall–Kier alpha value is -0.670. The highest BCUT2D eigenvalue weighted by Gasteiger charge is 2.21. The van der Waals surface area contributed by atoms with E-state index in [0.29, 0.717) is 24.0 Å². The van der Waals surface area contributed by atoms with E-state index in [2.05, 4.69) is 4.90 Å². The predicted octanol–water partition coefficient (Wildman–Crippen LogP) is 4.34. The zero-order valence-corrected chi connectivity index (χ0v) is 11.8. The number of rotatable bonds is 5. The standard InChI is InChI=1S/C15H20ClF2N/c16-6-7-19(15-4-2-1-3-5-15)11-12-8-13(17)10-14(18)9-12/h8-10,15H,1-7,11H2. The summed E-state index contributed by atoms with van der Waals surface area (Å²) in [4.78, 5) is 2.26. The normalized spacial score (nSPS) is 17.1. The van der Waals surface area contributed by atoms with E-state index < -0.39 is 11.6 Å². The molecule has 1 saturated carbocycles. The highest BCUT2D eigenvalue weighted by atomic mass is 35.5. The molecular formula is C15H20ClF2N. The van der Waals surface area contributed by atoms with Gasteiger partial charge in [-0.1, -0.05) is 19.3 Å². The summed E-state index contributed by atoms with van der Waals surface area (Å²) >= 11 is 5.85. The molecule has 0 saturated heterocycles. The van der Waals surface area contributed by atoms with E-state index in [1.807, 2.05) is 0 Å². The van der Waals surface area contributed by atoms with Crippen molar-refractivity contribution in [2.24, 2.45) is 0 Å². The third-order valence-electron chi connectivity index (χ3n) is 3.77. The molecule has 0 amide bonds. The van der Waals surface area contributed by atoms with Crippen LogP contribution in [0.2, 0.25) is 0 Å². The smallest absolute Gasteiger partial charge is 0.126 e. The lowest BCUT2D eigenvalue weighted by Crippen LogP contribution is -2.37. The molecule has 0 atom stereocenters. The molecular weight excluding hydrogens is 268 g/mol. The van der Waals surface area contributed by atoms with E-state index in [-0.39, 0.29) is 0 Å². The van der Waals surface area contributed by atoms with Gasteiger partial charge in [0.25, 0.3) is 0 Å². The van der Waals surface area contributed by atoms with E-state index in [9.17, 15) is 8.78 Å². The van der Waals surface area contributed by atoms with Crippen LogP contribution in [0.1, 0.15) is 37.7 Å². The van der Waals surface area contributed by atoms with Gasteiger partial charge in [0.05, 0.1) is 0 Å². The number of benzene rings is 1. The van der Waals surface area contributed by atoms with E-state index >= 15 is 0 Å². The van der Waals surface area contributed by atoms with Crippen LogP contribution >= 0.6 is 11.6 Å². The van der Waals surface area contributed by atoms with Crippen LogP contribution in [0.3, 0.4) is 0 Å². The molecule has 0 radical (unpaired) electrons. The molecule has 1 aliphatic carbocycles. The van der Waals surface area contributed by atoms with Crippen LogP contribution in [-0.2, 0) is 6.54 Å². The fourth-order valence-corrected chi connectivity index (χ4v) is 3.10. The second kappa shape index (κ2) is 7.20. The van der Waals surface area contributed by atoms with Crippen molar-refractivity contribution in [2.75, 3.05) is 12.4 Å². The molecule has 19 heavy (non-hydrogen) atoms. The third-order valence-corrected chi connectivity index (χ3v) is 3.94. The summed E-state index contributed by atoms with van der Waals surface area (Å²) in [5.41, 5.74) is 0.688. The molecule has 0 spiro atoms. The maximum absolute atomic E-state index is 13.2. The van der Waals surface area contributed by atoms with E-state index in [4.69, 9.17) is 11.6 Å². The van der Waals surface area contributed by atoms with E-state index in [1.54, 1.807) is 0 Å². The van der Waals surface area contributed by atoms with Crippen molar-refractivity contribution in [2.45, 2.75) is 44.7 Å². The Bertz CT molecular complexity index is 385. The Morgan fingerprint density at radius 2 is 1.68 bits per heavy atom. The summed E-state index contributed by atoms with van der Waals surface area (Å²) in [5.74, 6) is -0.470. The average Bonchev–Trinajstić information content (AvgIpc) is 2.38. The molecule has 1 fully saturated rings. The predicted molar refractivity (Wildman–Crippen MR) is 74.4 cm³/mol. The van der Waals surface area contributed by atoms with Gasteiger partial charge in [-0.15, -0.1) is 11.6 Å². The number of hydrogen-bond donors (Lipinski definition) is 0. The molecule has 0 aromatic heterocycles. The maximum atomic E-state index is 13.2. The average molecular weight is 288 g/mol. The Morgan fingerprint density at radius 3 is 2.26 bits per heavy atom. The van der Waals surface area contributed by atoms with E-state index in [0.717, 1.165) is 25.5 Å². The number of alkyl halides is 1. The lowest BCUT2D eigenvalue weighted by Gasteiger charge is -2.34. The first-order valence-corrected chi connectivity index (χ1v) is 7.47. The van der Waals surface area contributed by atoms with Crippen molar-refractivity contribution in [3.05, 3.63) is 35.4 Å². The van der Waals surface area contributed by atoms with Gasteiger partial charge in [0.15, 0.2) is 0 Å². The summed E-state index contributed by atoms with van der Waals surface area (Å²) in [6.07, 6.45) is 6.09. The molecule has 4 heteroatoms. The van der Waals surface area contributed by atoms with Gasteiger partial charge in [-0.3, -0.25) is 4.90 Å². The molecule has 2 rings (SSSR count). The van der Waals surface area contributed by atoms with Crippen LogP contribution in [0.25, 0.3) is 0 Å². The topological polar surface area (TPSA) is 3.24 Å². The fourth-order valence-electron chi connectivity index (χ4n) is 2.88. The van der Waals surface area contributed by atoms with Crippen LogP contribution in [0.15, 0.2) is 18.2 Å². The van der Waals surface area contributed by atoms with Gasteiger partial charge in [-0.25, -0.2) is 8.78 Å². The molecule has 0 N–H and O–H groups in total. The SMILES string of the molecule is Fc1cc(F)cc(CN(CCCl)C2CCCCC2)c1. The lowest BCUT2D eigenvalue weighted by molar-refractivity contribution is 0.156. The monoisotopic (exact) mass is 287 g/mol. The Balaban J connectivity index is 2.06. The van der Waals surface area contributed by atoms with Crippen molar-refractivity contribution in [3.8, 4) is 0 Å². The summed E-state index contributed by atoms with van der Waals surface area (Å²) in [6.45, 7) is 1.34. The second-order valence-electron chi connectivity index (χ2n) is 5.23. The van der Waals surface area contributed by atoms with E-state index in [1.165, 1.54) is 31.4 Å². The minimum atomic E-state index is -0.510. The first-order valence-electron chi connectivity index (χ1n) is 6.94. The van der Waals surface area contributed by atoms with Crippen LogP contribution < -0.4 is 0 Å². The van der Waals surface area contributed by atoms with Gasteiger partial charge in [0.1, 0.15) is 11.6 Å². The van der Waals surface area contributed by atoms with Gasteiger partial charge in [0, 0.05) is 31.1 Å². The summed E-state index contributed by atoms with van der Waals surface area (Å²) in [7, 11) is 0. The summed E-state index contributed by atoms with van der Waals surface area (Å²) < 4.78 is 26.4. The van der Waals surface area contributed by atoms with Gasteiger partial charge in [0.2, 0.25) is 0 Å². The zero-order chi connectivity index (χ0) is 13.7. The number of nitrogens with zero attached hydrogens (tertiary/aromatic N) is 1. The zero-order valence-electron chi connectivity index (χ0n) is 11.0. The van der Waals surface area contributed by atoms with Crippen LogP contribution in [0.5, 0.6) is 0 Å². The van der Waals surface area contributed by atoms with Gasteiger partial charge in [-0.2, -0.15) is 0 Å². The molecule has 0 unspecified atom stereocenters. The molecule has 106 valence electrons. The Morgan fingerprint density at radius 1 is 1.05 bits per heavy atom. The first kappa shape index (κ1) is 14.7. The minimum absolute atomic E-state index is 0.499. The molecule has 0 heterocycles. The van der Waals surface area contributed by atoms with Crippen LogP contribution in [0, 0.1) is 11.6 Å². The van der Waals surface area contributed by atoms with Gasteiger partial charge < -0.3 is 0 Å². The lowest BCUT2D eigenvalue weighted by atomic mass is 9.94. The van der Waals surface area contributed by atoms with Crippen LogP contribution in [-0.4, -0.2) is 23.4 Å². The molecule has 0 bridgehead atoms.